The van der Waals surface area contributed by atoms with Crippen molar-refractivity contribution in [2.24, 2.45) is 0 Å². The SMILES string of the molecule is COCC(COC)OCCNC(=O)O. The summed E-state index contributed by atoms with van der Waals surface area (Å²) in [5, 5.41) is 10.5. The molecule has 0 aromatic carbocycles. The predicted octanol–water partition coefficient (Wildman–Crippen LogP) is -0.0680. The monoisotopic (exact) mass is 207 g/mol. The Morgan fingerprint density at radius 1 is 1.36 bits per heavy atom. The number of amides is 1. The van der Waals surface area contributed by atoms with E-state index >= 15 is 0 Å². The molecular formula is C8H17NO5. The van der Waals surface area contributed by atoms with E-state index in [0.29, 0.717) is 19.8 Å². The highest BCUT2D eigenvalue weighted by Crippen LogP contribution is 1.93. The van der Waals surface area contributed by atoms with Crippen LogP contribution in [0.2, 0.25) is 0 Å². The molecule has 0 heterocycles. The lowest BCUT2D eigenvalue weighted by Crippen LogP contribution is -2.30. The lowest BCUT2D eigenvalue weighted by atomic mass is 10.4. The summed E-state index contributed by atoms with van der Waals surface area (Å²) in [5.74, 6) is 0. The maximum Gasteiger partial charge on any atom is 0.404 e. The topological polar surface area (TPSA) is 77.0 Å². The highest BCUT2D eigenvalue weighted by Gasteiger charge is 2.07. The predicted molar refractivity (Wildman–Crippen MR) is 49.5 cm³/mol. The molecule has 14 heavy (non-hydrogen) atoms. The molecule has 0 saturated heterocycles. The third kappa shape index (κ3) is 7.78. The van der Waals surface area contributed by atoms with Crippen molar-refractivity contribution in [2.75, 3.05) is 40.6 Å². The van der Waals surface area contributed by atoms with Crippen molar-refractivity contribution in [1.29, 1.82) is 0 Å². The second-order valence-electron chi connectivity index (χ2n) is 2.64. The zero-order valence-electron chi connectivity index (χ0n) is 8.49. The van der Waals surface area contributed by atoms with Gasteiger partial charge in [-0.05, 0) is 0 Å². The van der Waals surface area contributed by atoms with Gasteiger partial charge >= 0.3 is 6.09 Å². The summed E-state index contributed by atoms with van der Waals surface area (Å²) in [7, 11) is 3.14. The van der Waals surface area contributed by atoms with E-state index in [-0.39, 0.29) is 12.6 Å². The van der Waals surface area contributed by atoms with Crippen molar-refractivity contribution in [1.82, 2.24) is 5.32 Å². The molecule has 0 saturated carbocycles. The van der Waals surface area contributed by atoms with E-state index in [1.807, 2.05) is 0 Å². The number of hydrogen-bond acceptors (Lipinski definition) is 4. The summed E-state index contributed by atoms with van der Waals surface area (Å²) < 4.78 is 15.1. The van der Waals surface area contributed by atoms with Crippen molar-refractivity contribution in [3.05, 3.63) is 0 Å². The molecule has 6 heteroatoms. The minimum atomic E-state index is -1.05. The lowest BCUT2D eigenvalue weighted by molar-refractivity contribution is -0.0395. The lowest BCUT2D eigenvalue weighted by Gasteiger charge is -2.15. The Hall–Kier alpha value is -0.850. The van der Waals surface area contributed by atoms with Crippen molar-refractivity contribution in [3.63, 3.8) is 0 Å². The van der Waals surface area contributed by atoms with Crippen LogP contribution in [-0.4, -0.2) is 57.9 Å². The van der Waals surface area contributed by atoms with Gasteiger partial charge in [-0.3, -0.25) is 0 Å². The van der Waals surface area contributed by atoms with Crippen molar-refractivity contribution >= 4 is 6.09 Å². The Morgan fingerprint density at radius 3 is 2.36 bits per heavy atom. The van der Waals surface area contributed by atoms with Crippen LogP contribution in [0.25, 0.3) is 0 Å². The molecule has 1 amide bonds. The van der Waals surface area contributed by atoms with Crippen LogP contribution in [0.4, 0.5) is 4.79 Å². The van der Waals surface area contributed by atoms with Gasteiger partial charge in [-0.1, -0.05) is 0 Å². The quantitative estimate of drug-likeness (QED) is 0.545. The van der Waals surface area contributed by atoms with Crippen LogP contribution in [-0.2, 0) is 14.2 Å². The molecular weight excluding hydrogens is 190 g/mol. The fourth-order valence-corrected chi connectivity index (χ4v) is 0.900. The van der Waals surface area contributed by atoms with Gasteiger partial charge in [-0.2, -0.15) is 0 Å². The molecule has 6 nitrogen and oxygen atoms in total. The molecule has 2 N–H and O–H groups in total. The zero-order valence-corrected chi connectivity index (χ0v) is 8.49. The van der Waals surface area contributed by atoms with Crippen molar-refractivity contribution in [3.8, 4) is 0 Å². The molecule has 0 radical (unpaired) electrons. The maximum atomic E-state index is 10.1. The molecule has 0 aliphatic rings. The van der Waals surface area contributed by atoms with Gasteiger partial charge in [-0.25, -0.2) is 4.79 Å². The van der Waals surface area contributed by atoms with Gasteiger partial charge in [0, 0.05) is 20.8 Å². The van der Waals surface area contributed by atoms with Crippen LogP contribution in [0.1, 0.15) is 0 Å². The van der Waals surface area contributed by atoms with E-state index in [9.17, 15) is 4.79 Å². The van der Waals surface area contributed by atoms with Crippen LogP contribution in [0.15, 0.2) is 0 Å². The van der Waals surface area contributed by atoms with Gasteiger partial charge in [0.2, 0.25) is 0 Å². The number of nitrogens with one attached hydrogen (secondary N) is 1. The van der Waals surface area contributed by atoms with Crippen LogP contribution in [0.5, 0.6) is 0 Å². The normalized spacial score (nSPS) is 10.5. The van der Waals surface area contributed by atoms with Crippen molar-refractivity contribution < 1.29 is 24.1 Å². The first-order chi connectivity index (χ1) is 6.70. The number of methoxy groups -OCH3 is 2. The first-order valence-electron chi connectivity index (χ1n) is 4.27. The molecule has 0 aliphatic carbocycles. The third-order valence-corrected chi connectivity index (χ3v) is 1.44. The molecule has 0 fully saturated rings. The summed E-state index contributed by atoms with van der Waals surface area (Å²) in [6.07, 6.45) is -1.20. The second-order valence-corrected chi connectivity index (χ2v) is 2.64. The van der Waals surface area contributed by atoms with E-state index in [1.165, 1.54) is 0 Å². The van der Waals surface area contributed by atoms with Gasteiger partial charge in [-0.15, -0.1) is 0 Å². The van der Waals surface area contributed by atoms with E-state index in [2.05, 4.69) is 5.32 Å². The van der Waals surface area contributed by atoms with Gasteiger partial charge in [0.25, 0.3) is 0 Å². The average molecular weight is 207 g/mol. The van der Waals surface area contributed by atoms with Gasteiger partial charge in [0.15, 0.2) is 0 Å². The number of carbonyl (C=O) groups is 1. The second kappa shape index (κ2) is 8.74. The summed E-state index contributed by atoms with van der Waals surface area (Å²) in [6.45, 7) is 1.44. The number of rotatable bonds is 8. The minimum absolute atomic E-state index is 0.152. The highest BCUT2D eigenvalue weighted by molar-refractivity contribution is 5.64. The fourth-order valence-electron chi connectivity index (χ4n) is 0.900. The molecule has 0 aromatic rings. The fraction of sp³-hybridized carbons (Fsp3) is 0.875. The Balaban J connectivity index is 3.44. The highest BCUT2D eigenvalue weighted by atomic mass is 16.6. The molecule has 0 atom stereocenters. The third-order valence-electron chi connectivity index (χ3n) is 1.44. The molecule has 84 valence electrons. The minimum Gasteiger partial charge on any atom is -0.465 e. The molecule has 0 spiro atoms. The number of carboxylic acid groups (broad SMARTS) is 1. The Labute approximate surface area is 83.1 Å². The Bertz CT molecular complexity index is 147. The summed E-state index contributed by atoms with van der Waals surface area (Å²) >= 11 is 0. The zero-order chi connectivity index (χ0) is 10.8. The van der Waals surface area contributed by atoms with Gasteiger partial charge in [0.1, 0.15) is 6.10 Å². The van der Waals surface area contributed by atoms with Gasteiger partial charge in [0.05, 0.1) is 19.8 Å². The summed E-state index contributed by atoms with van der Waals surface area (Å²) in [5.41, 5.74) is 0. The van der Waals surface area contributed by atoms with Crippen LogP contribution < -0.4 is 5.32 Å². The summed E-state index contributed by atoms with van der Waals surface area (Å²) in [6, 6.07) is 0. The van der Waals surface area contributed by atoms with E-state index < -0.39 is 6.09 Å². The molecule has 0 rings (SSSR count). The molecule has 0 aromatic heterocycles. The first kappa shape index (κ1) is 13.2. The molecule has 0 unspecified atom stereocenters. The van der Waals surface area contributed by atoms with Crippen LogP contribution >= 0.6 is 0 Å². The van der Waals surface area contributed by atoms with Crippen LogP contribution in [0, 0.1) is 0 Å². The largest absolute Gasteiger partial charge is 0.465 e. The Morgan fingerprint density at radius 2 is 1.93 bits per heavy atom. The number of hydrogen-bond donors (Lipinski definition) is 2. The van der Waals surface area contributed by atoms with E-state index in [4.69, 9.17) is 19.3 Å². The van der Waals surface area contributed by atoms with Crippen LogP contribution in [0.3, 0.4) is 0 Å². The van der Waals surface area contributed by atoms with E-state index in [0.717, 1.165) is 0 Å². The Kier molecular flexibility index (Phi) is 8.20. The summed E-state index contributed by atoms with van der Waals surface area (Å²) in [4.78, 5) is 10.1. The average Bonchev–Trinajstić information content (AvgIpc) is 2.12. The molecule has 0 aliphatic heterocycles. The maximum absolute atomic E-state index is 10.1. The van der Waals surface area contributed by atoms with E-state index in [1.54, 1.807) is 14.2 Å². The first-order valence-corrected chi connectivity index (χ1v) is 4.27. The smallest absolute Gasteiger partial charge is 0.404 e. The standard InChI is InChI=1S/C8H17NO5/c1-12-5-7(6-13-2)14-4-3-9-8(10)11/h7,9H,3-6H2,1-2H3,(H,10,11). The van der Waals surface area contributed by atoms with Gasteiger partial charge < -0.3 is 24.6 Å². The van der Waals surface area contributed by atoms with Crippen molar-refractivity contribution in [2.45, 2.75) is 6.10 Å². The molecule has 0 bridgehead atoms. The number of ether oxygens (including phenoxy) is 3.